The van der Waals surface area contributed by atoms with E-state index in [4.69, 9.17) is 0 Å². The summed E-state index contributed by atoms with van der Waals surface area (Å²) in [5.74, 6) is 0.572. The summed E-state index contributed by atoms with van der Waals surface area (Å²) in [4.78, 5) is 14.3. The van der Waals surface area contributed by atoms with Crippen molar-refractivity contribution < 1.29 is 13.2 Å². The predicted octanol–water partition coefficient (Wildman–Crippen LogP) is 3.61. The molecule has 1 atom stereocenters. The number of carbonyl (C=O) groups is 1. The first-order valence-electron chi connectivity index (χ1n) is 9.78. The van der Waals surface area contributed by atoms with Crippen LogP contribution in [0.1, 0.15) is 64.4 Å². The maximum Gasteiger partial charge on any atom is 0.243 e. The Kier molecular flexibility index (Phi) is 7.65. The topological polar surface area (TPSA) is 57.7 Å². The van der Waals surface area contributed by atoms with Gasteiger partial charge in [-0.1, -0.05) is 45.7 Å². The molecule has 5 nitrogen and oxygen atoms in total. The highest BCUT2D eigenvalue weighted by molar-refractivity contribution is 7.89. The van der Waals surface area contributed by atoms with Crippen LogP contribution in [0, 0.1) is 0 Å². The van der Waals surface area contributed by atoms with Gasteiger partial charge in [-0.05, 0) is 36.5 Å². The van der Waals surface area contributed by atoms with Crippen LogP contribution in [0.25, 0.3) is 0 Å². The Bertz CT molecular complexity index is 678. The number of nitrogens with zero attached hydrogens (tertiary/aromatic N) is 2. The van der Waals surface area contributed by atoms with Crippen molar-refractivity contribution in [3.05, 3.63) is 29.8 Å². The van der Waals surface area contributed by atoms with E-state index in [1.54, 1.807) is 17.0 Å². The van der Waals surface area contributed by atoms with Crippen molar-refractivity contribution >= 4 is 15.9 Å². The van der Waals surface area contributed by atoms with Gasteiger partial charge in [0, 0.05) is 32.6 Å². The van der Waals surface area contributed by atoms with Gasteiger partial charge in [0.25, 0.3) is 0 Å². The lowest BCUT2D eigenvalue weighted by molar-refractivity contribution is -0.132. The first kappa shape index (κ1) is 20.9. The van der Waals surface area contributed by atoms with E-state index in [9.17, 15) is 13.2 Å². The van der Waals surface area contributed by atoms with Crippen LogP contribution in [0.4, 0.5) is 0 Å². The highest BCUT2D eigenvalue weighted by Gasteiger charge is 2.29. The maximum atomic E-state index is 12.8. The summed E-state index contributed by atoms with van der Waals surface area (Å²) in [6.07, 6.45) is 4.66. The van der Waals surface area contributed by atoms with Crippen molar-refractivity contribution in [2.24, 2.45) is 0 Å². The molecule has 1 aromatic carbocycles. The molecule has 6 heteroatoms. The van der Waals surface area contributed by atoms with Crippen molar-refractivity contribution in [2.45, 2.75) is 63.7 Å². The van der Waals surface area contributed by atoms with Crippen LogP contribution in [0.5, 0.6) is 0 Å². The average Bonchev–Trinajstić information content (AvgIpc) is 2.67. The van der Waals surface area contributed by atoms with E-state index in [2.05, 4.69) is 20.8 Å². The highest BCUT2D eigenvalue weighted by atomic mass is 32.2. The zero-order valence-electron chi connectivity index (χ0n) is 16.3. The third-order valence-electron chi connectivity index (χ3n) is 5.28. The number of benzene rings is 1. The molecule has 1 saturated heterocycles. The Labute approximate surface area is 158 Å². The van der Waals surface area contributed by atoms with E-state index < -0.39 is 10.0 Å². The fourth-order valence-corrected chi connectivity index (χ4v) is 4.64. The lowest BCUT2D eigenvalue weighted by Gasteiger charge is -2.34. The number of piperazine rings is 1. The SMILES string of the molecule is CCCCCC(=O)N1CCN(S(=O)(=O)c2ccc(C(C)CC)cc2)CC1. The van der Waals surface area contributed by atoms with Gasteiger partial charge in [-0.25, -0.2) is 8.42 Å². The third kappa shape index (κ3) is 5.07. The van der Waals surface area contributed by atoms with Gasteiger partial charge < -0.3 is 4.90 Å². The molecule has 1 heterocycles. The van der Waals surface area contributed by atoms with Crippen molar-refractivity contribution in [1.29, 1.82) is 0 Å². The molecule has 1 aliphatic rings. The molecule has 0 radical (unpaired) electrons. The van der Waals surface area contributed by atoms with E-state index in [-0.39, 0.29) is 5.91 Å². The standard InChI is InChI=1S/C20H32N2O3S/c1-4-6-7-8-20(23)21-13-15-22(16-14-21)26(24,25)19-11-9-18(10-12-19)17(3)5-2/h9-12,17H,4-8,13-16H2,1-3H3. The first-order valence-corrected chi connectivity index (χ1v) is 11.2. The zero-order chi connectivity index (χ0) is 19.2. The third-order valence-corrected chi connectivity index (χ3v) is 7.20. The largest absolute Gasteiger partial charge is 0.340 e. The van der Waals surface area contributed by atoms with Gasteiger partial charge in [0.1, 0.15) is 0 Å². The minimum atomic E-state index is -3.49. The highest BCUT2D eigenvalue weighted by Crippen LogP contribution is 2.23. The molecule has 1 aromatic rings. The van der Waals surface area contributed by atoms with Gasteiger partial charge in [-0.15, -0.1) is 0 Å². The molecule has 26 heavy (non-hydrogen) atoms. The Hall–Kier alpha value is -1.40. The Morgan fingerprint density at radius 1 is 1.04 bits per heavy atom. The van der Waals surface area contributed by atoms with Gasteiger partial charge >= 0.3 is 0 Å². The molecule has 2 rings (SSSR count). The molecule has 0 N–H and O–H groups in total. The number of sulfonamides is 1. The van der Waals surface area contributed by atoms with Crippen molar-refractivity contribution in [2.75, 3.05) is 26.2 Å². The molecule has 0 spiro atoms. The molecule has 1 fully saturated rings. The lowest BCUT2D eigenvalue weighted by atomic mass is 9.99. The molecular formula is C20H32N2O3S. The maximum absolute atomic E-state index is 12.8. The second kappa shape index (κ2) is 9.51. The Morgan fingerprint density at radius 3 is 2.19 bits per heavy atom. The summed E-state index contributed by atoms with van der Waals surface area (Å²) in [6.45, 7) is 8.08. The van der Waals surface area contributed by atoms with Crippen molar-refractivity contribution in [1.82, 2.24) is 9.21 Å². The smallest absolute Gasteiger partial charge is 0.243 e. The number of unbranched alkanes of at least 4 members (excludes halogenated alkanes) is 2. The number of hydrogen-bond acceptors (Lipinski definition) is 3. The molecule has 1 amide bonds. The summed E-state index contributed by atoms with van der Waals surface area (Å²) >= 11 is 0. The Morgan fingerprint density at radius 2 is 1.65 bits per heavy atom. The molecule has 0 bridgehead atoms. The van der Waals surface area contributed by atoms with Crippen LogP contribution in [0.3, 0.4) is 0 Å². The number of carbonyl (C=O) groups excluding carboxylic acids is 1. The summed E-state index contributed by atoms with van der Waals surface area (Å²) in [6, 6.07) is 7.24. The Balaban J connectivity index is 1.96. The van der Waals surface area contributed by atoms with E-state index >= 15 is 0 Å². The molecule has 0 aromatic heterocycles. The normalized spacial score (nSPS) is 17.3. The molecule has 0 saturated carbocycles. The number of amides is 1. The van der Waals surface area contributed by atoms with Crippen LogP contribution in [-0.2, 0) is 14.8 Å². The van der Waals surface area contributed by atoms with Crippen molar-refractivity contribution in [3.8, 4) is 0 Å². The summed E-state index contributed by atoms with van der Waals surface area (Å²) in [7, 11) is -3.49. The second-order valence-corrected chi connectivity index (χ2v) is 9.06. The van der Waals surface area contributed by atoms with E-state index in [0.717, 1.165) is 31.2 Å². The molecule has 0 aliphatic carbocycles. The predicted molar refractivity (Wildman–Crippen MR) is 105 cm³/mol. The van der Waals surface area contributed by atoms with Gasteiger partial charge in [0.2, 0.25) is 15.9 Å². The van der Waals surface area contributed by atoms with Crippen LogP contribution >= 0.6 is 0 Å². The summed E-state index contributed by atoms with van der Waals surface area (Å²) in [5, 5.41) is 0. The fraction of sp³-hybridized carbons (Fsp3) is 0.650. The van der Waals surface area contributed by atoms with Crippen LogP contribution in [0.2, 0.25) is 0 Å². The molecular weight excluding hydrogens is 348 g/mol. The van der Waals surface area contributed by atoms with Gasteiger partial charge in [0.15, 0.2) is 0 Å². The van der Waals surface area contributed by atoms with E-state index in [1.807, 2.05) is 12.1 Å². The number of hydrogen-bond donors (Lipinski definition) is 0. The monoisotopic (exact) mass is 380 g/mol. The quantitative estimate of drug-likeness (QED) is 0.647. The summed E-state index contributed by atoms with van der Waals surface area (Å²) in [5.41, 5.74) is 1.16. The van der Waals surface area contributed by atoms with Gasteiger partial charge in [-0.2, -0.15) is 4.31 Å². The molecule has 146 valence electrons. The van der Waals surface area contributed by atoms with Crippen molar-refractivity contribution in [3.63, 3.8) is 0 Å². The second-order valence-electron chi connectivity index (χ2n) is 7.12. The van der Waals surface area contributed by atoms with E-state index in [1.165, 1.54) is 4.31 Å². The first-order chi connectivity index (χ1) is 12.4. The van der Waals surface area contributed by atoms with Gasteiger partial charge in [-0.3, -0.25) is 4.79 Å². The van der Waals surface area contributed by atoms with E-state index in [0.29, 0.717) is 43.4 Å². The van der Waals surface area contributed by atoms with Gasteiger partial charge in [0.05, 0.1) is 4.90 Å². The average molecular weight is 381 g/mol. The minimum absolute atomic E-state index is 0.147. The lowest BCUT2D eigenvalue weighted by Crippen LogP contribution is -2.50. The van der Waals surface area contributed by atoms with Crippen LogP contribution < -0.4 is 0 Å². The van der Waals surface area contributed by atoms with Crippen LogP contribution in [-0.4, -0.2) is 49.7 Å². The minimum Gasteiger partial charge on any atom is -0.340 e. The fourth-order valence-electron chi connectivity index (χ4n) is 3.22. The van der Waals surface area contributed by atoms with Crippen LogP contribution in [0.15, 0.2) is 29.2 Å². The zero-order valence-corrected chi connectivity index (χ0v) is 17.1. The molecule has 1 aliphatic heterocycles. The summed E-state index contributed by atoms with van der Waals surface area (Å²) < 4.78 is 27.2. The number of rotatable bonds is 8. The molecule has 1 unspecified atom stereocenters.